The molecule has 19 heavy (non-hydrogen) atoms. The van der Waals surface area contributed by atoms with Crippen molar-refractivity contribution in [2.45, 2.75) is 0 Å². The van der Waals surface area contributed by atoms with E-state index >= 15 is 0 Å². The van der Waals surface area contributed by atoms with Crippen LogP contribution in [0, 0.1) is 16.5 Å². The van der Waals surface area contributed by atoms with Crippen molar-refractivity contribution in [1.82, 2.24) is 4.68 Å². The van der Waals surface area contributed by atoms with Crippen molar-refractivity contribution in [3.8, 4) is 11.8 Å². The lowest BCUT2D eigenvalue weighted by atomic mass is 10.2. The molecule has 92 valence electrons. The van der Waals surface area contributed by atoms with Crippen molar-refractivity contribution in [3.63, 3.8) is 0 Å². The van der Waals surface area contributed by atoms with Gasteiger partial charge in [-0.3, -0.25) is 0 Å². The number of fused-ring (bicyclic) bond motifs is 1. The number of nitriles is 1. The molecule has 5 heteroatoms. The first-order chi connectivity index (χ1) is 9.22. The lowest BCUT2D eigenvalue weighted by Gasteiger charge is -2.03. The number of rotatable bonds is 1. The molecule has 0 N–H and O–H groups in total. The number of nitrogens with zero attached hydrogens (tertiary/aromatic N) is 3. The second kappa shape index (κ2) is 4.41. The Morgan fingerprint density at radius 3 is 2.58 bits per heavy atom. The van der Waals surface area contributed by atoms with Gasteiger partial charge in [-0.2, -0.15) is 5.26 Å². The molecule has 0 aliphatic carbocycles. The maximum absolute atomic E-state index is 12.3. The van der Waals surface area contributed by atoms with E-state index in [2.05, 4.69) is 22.0 Å². The molecule has 0 saturated heterocycles. The molecule has 0 radical (unpaired) electrons. The molecule has 0 amide bonds. The van der Waals surface area contributed by atoms with Crippen LogP contribution < -0.4 is 4.85 Å². The first kappa shape index (κ1) is 11.8. The number of hydrogen-bond donors (Lipinski definition) is 0. The van der Waals surface area contributed by atoms with E-state index in [1.807, 2.05) is 18.2 Å². The minimum atomic E-state index is 0.331. The Balaban J connectivity index is 2.43. The van der Waals surface area contributed by atoms with E-state index in [4.69, 9.17) is 0 Å². The second-order valence-electron chi connectivity index (χ2n) is 4.04. The van der Waals surface area contributed by atoms with E-state index in [1.54, 1.807) is 30.3 Å². The van der Waals surface area contributed by atoms with Crippen LogP contribution in [0.1, 0.15) is 5.69 Å². The van der Waals surface area contributed by atoms with Crippen LogP contribution in [0.3, 0.4) is 0 Å². The molecule has 1 aromatic heterocycles. The maximum atomic E-state index is 12.3. The average molecular weight is 314 g/mol. The summed E-state index contributed by atoms with van der Waals surface area (Å²) >= 11 is 3.36. The highest BCUT2D eigenvalue weighted by Crippen LogP contribution is 2.23. The van der Waals surface area contributed by atoms with Crippen LogP contribution in [-0.2, 0) is 0 Å². The number of hydrogen-bond acceptors (Lipinski definition) is 2. The zero-order valence-corrected chi connectivity index (χ0v) is 11.3. The highest BCUT2D eigenvalue weighted by atomic mass is 79.9. The predicted octanol–water partition coefficient (Wildman–Crippen LogP) is 2.90. The molecule has 0 aliphatic heterocycles. The summed E-state index contributed by atoms with van der Waals surface area (Å²) in [6.45, 7) is 0. The number of halogens is 1. The van der Waals surface area contributed by atoms with Crippen LogP contribution in [-0.4, -0.2) is 4.68 Å². The van der Waals surface area contributed by atoms with Gasteiger partial charge in [-0.15, -0.1) is 0 Å². The molecular formula is C14H8BrN3O. The van der Waals surface area contributed by atoms with Gasteiger partial charge in [-0.1, -0.05) is 43.7 Å². The molecule has 3 rings (SSSR count). The zero-order valence-electron chi connectivity index (χ0n) is 9.75. The third-order valence-electron chi connectivity index (χ3n) is 2.92. The fourth-order valence-corrected chi connectivity index (χ4v) is 2.45. The highest BCUT2D eigenvalue weighted by Gasteiger charge is 2.21. The third kappa shape index (κ3) is 1.77. The van der Waals surface area contributed by atoms with E-state index in [9.17, 15) is 10.5 Å². The monoisotopic (exact) mass is 313 g/mol. The fraction of sp³-hybridized carbons (Fsp3) is 0. The molecule has 0 unspecified atom stereocenters. The van der Waals surface area contributed by atoms with Gasteiger partial charge in [0.05, 0.1) is 5.39 Å². The van der Waals surface area contributed by atoms with E-state index in [0.29, 0.717) is 22.3 Å². The molecule has 0 atom stereocenters. The highest BCUT2D eigenvalue weighted by molar-refractivity contribution is 9.10. The van der Waals surface area contributed by atoms with Gasteiger partial charge < -0.3 is 5.21 Å². The summed E-state index contributed by atoms with van der Waals surface area (Å²) < 4.78 is 2.21. The normalized spacial score (nSPS) is 10.5. The van der Waals surface area contributed by atoms with Gasteiger partial charge in [0.2, 0.25) is 0 Å². The van der Waals surface area contributed by atoms with Gasteiger partial charge in [-0.25, -0.2) is 0 Å². The van der Waals surface area contributed by atoms with Crippen molar-refractivity contribution < 1.29 is 4.85 Å². The second-order valence-corrected chi connectivity index (χ2v) is 4.96. The average Bonchev–Trinajstić information content (AvgIpc) is 2.71. The van der Waals surface area contributed by atoms with Gasteiger partial charge in [-0.05, 0) is 24.3 Å². The molecular weight excluding hydrogens is 306 g/mol. The minimum Gasteiger partial charge on any atom is -0.595 e. The number of para-hydroxylation sites is 1. The molecule has 3 aromatic rings. The quantitative estimate of drug-likeness (QED) is 0.512. The Bertz CT molecular complexity index is 803. The first-order valence-corrected chi connectivity index (χ1v) is 6.41. The van der Waals surface area contributed by atoms with Crippen molar-refractivity contribution in [2.24, 2.45) is 0 Å². The van der Waals surface area contributed by atoms with E-state index in [-0.39, 0.29) is 0 Å². The molecule has 0 fully saturated rings. The van der Waals surface area contributed by atoms with Crippen LogP contribution in [0.5, 0.6) is 0 Å². The first-order valence-electron chi connectivity index (χ1n) is 5.61. The molecule has 0 aliphatic rings. The van der Waals surface area contributed by atoms with E-state index in [1.165, 1.54) is 4.68 Å². The minimum absolute atomic E-state index is 0.331. The topological polar surface area (TPSA) is 55.7 Å². The summed E-state index contributed by atoms with van der Waals surface area (Å²) in [6, 6.07) is 16.5. The summed E-state index contributed by atoms with van der Waals surface area (Å²) in [5, 5.41) is 22.3. The van der Waals surface area contributed by atoms with Gasteiger partial charge in [0.15, 0.2) is 5.69 Å². The van der Waals surface area contributed by atoms with E-state index < -0.39 is 0 Å². The molecule has 2 aromatic carbocycles. The Morgan fingerprint density at radius 1 is 1.16 bits per heavy atom. The molecule has 0 bridgehead atoms. The summed E-state index contributed by atoms with van der Waals surface area (Å²) in [6.07, 6.45) is 0. The van der Waals surface area contributed by atoms with Gasteiger partial charge >= 0.3 is 0 Å². The molecule has 1 heterocycles. The standard InChI is InChI=1S/C14H8BrN3O/c15-10-6-7-13-12(8-10)14(9-16)17(18(13)19)11-4-2-1-3-5-11/h1-8H. The Labute approximate surface area is 117 Å². The summed E-state index contributed by atoms with van der Waals surface area (Å²) in [5.41, 5.74) is 1.47. The largest absolute Gasteiger partial charge is 0.595 e. The summed E-state index contributed by atoms with van der Waals surface area (Å²) in [7, 11) is 0. The van der Waals surface area contributed by atoms with Crippen LogP contribution in [0.2, 0.25) is 0 Å². The number of benzene rings is 2. The lowest BCUT2D eigenvalue weighted by Crippen LogP contribution is -2.36. The SMILES string of the molecule is N#Cc1c2cc(Br)ccc2[n+]([O-])n1-c1ccccc1. The van der Waals surface area contributed by atoms with Crippen molar-refractivity contribution >= 4 is 26.8 Å². The smallest absolute Gasteiger partial charge is 0.253 e. The molecule has 0 spiro atoms. The van der Waals surface area contributed by atoms with E-state index in [0.717, 1.165) is 9.32 Å². The Kier molecular flexibility index (Phi) is 2.73. The van der Waals surface area contributed by atoms with Crippen LogP contribution in [0.25, 0.3) is 16.6 Å². The van der Waals surface area contributed by atoms with Crippen LogP contribution >= 0.6 is 15.9 Å². The molecule has 4 nitrogen and oxygen atoms in total. The van der Waals surface area contributed by atoms with Crippen molar-refractivity contribution in [3.05, 3.63) is 63.9 Å². The third-order valence-corrected chi connectivity index (χ3v) is 3.41. The van der Waals surface area contributed by atoms with Gasteiger partial charge in [0.25, 0.3) is 5.52 Å². The lowest BCUT2D eigenvalue weighted by molar-refractivity contribution is -0.659. The molecule has 0 saturated carbocycles. The Hall–Kier alpha value is -2.32. The summed E-state index contributed by atoms with van der Waals surface area (Å²) in [4.78, 5) is 0.746. The van der Waals surface area contributed by atoms with Gasteiger partial charge in [0, 0.05) is 10.5 Å². The van der Waals surface area contributed by atoms with Gasteiger partial charge in [0.1, 0.15) is 11.8 Å². The zero-order chi connectivity index (χ0) is 13.4. The summed E-state index contributed by atoms with van der Waals surface area (Å²) in [5.74, 6) is 0. The van der Waals surface area contributed by atoms with Crippen molar-refractivity contribution in [2.75, 3.05) is 0 Å². The number of aromatic nitrogens is 2. The van der Waals surface area contributed by atoms with Crippen LogP contribution in [0.4, 0.5) is 0 Å². The Morgan fingerprint density at radius 2 is 1.89 bits per heavy atom. The maximum Gasteiger partial charge on any atom is 0.253 e. The van der Waals surface area contributed by atoms with Crippen molar-refractivity contribution in [1.29, 1.82) is 5.26 Å². The van der Waals surface area contributed by atoms with Crippen LogP contribution in [0.15, 0.2) is 53.0 Å². The fourth-order valence-electron chi connectivity index (χ4n) is 2.09. The predicted molar refractivity (Wildman–Crippen MR) is 74.7 cm³/mol.